The molecule has 0 aromatic carbocycles. The second kappa shape index (κ2) is 14.5. The second-order valence-electron chi connectivity index (χ2n) is 4.94. The number of aliphatic hydroxyl groups is 2. The van der Waals surface area contributed by atoms with Crippen molar-refractivity contribution in [2.75, 3.05) is 26.3 Å². The minimum absolute atomic E-state index is 0.171. The molecule has 118 valence electrons. The molecule has 0 fully saturated rings. The predicted octanol–water partition coefficient (Wildman–Crippen LogP) is 1.61. The van der Waals surface area contributed by atoms with Gasteiger partial charge in [-0.1, -0.05) is 32.3 Å². The van der Waals surface area contributed by atoms with Gasteiger partial charge in [-0.15, -0.1) is 0 Å². The van der Waals surface area contributed by atoms with Crippen LogP contribution in [0, 0.1) is 0 Å². The normalized spacial score (nSPS) is 10.8. The summed E-state index contributed by atoms with van der Waals surface area (Å²) in [5.41, 5.74) is 2.83. The first-order valence-electron chi connectivity index (χ1n) is 7.64. The molecule has 0 unspecified atom stereocenters. The Labute approximate surface area is 122 Å². The van der Waals surface area contributed by atoms with Gasteiger partial charge in [-0.2, -0.15) is 0 Å². The summed E-state index contributed by atoms with van der Waals surface area (Å²) in [5, 5.41) is 19.4. The van der Waals surface area contributed by atoms with E-state index in [0.717, 1.165) is 64.5 Å². The van der Waals surface area contributed by atoms with Crippen LogP contribution in [0.2, 0.25) is 0 Å². The average molecular weight is 286 g/mol. The lowest BCUT2D eigenvalue weighted by atomic mass is 10.2. The van der Waals surface area contributed by atoms with Crippen molar-refractivity contribution in [3.05, 3.63) is 12.7 Å². The van der Waals surface area contributed by atoms with Crippen molar-refractivity contribution in [1.82, 2.24) is 10.4 Å². The average Bonchev–Trinajstić information content (AvgIpc) is 2.46. The topological polar surface area (TPSA) is 72.8 Å². The summed E-state index contributed by atoms with van der Waals surface area (Å²) >= 11 is 0. The van der Waals surface area contributed by atoms with Crippen LogP contribution in [0.1, 0.15) is 51.4 Å². The van der Waals surface area contributed by atoms with Crippen LogP contribution in [0.5, 0.6) is 0 Å². The van der Waals surface area contributed by atoms with Gasteiger partial charge in [0.15, 0.2) is 0 Å². The van der Waals surface area contributed by atoms with E-state index in [9.17, 15) is 4.79 Å². The smallest absolute Gasteiger partial charge is 0.257 e. The van der Waals surface area contributed by atoms with Crippen LogP contribution >= 0.6 is 0 Å². The molecule has 0 aromatic heterocycles. The number of carbonyl (C=O) groups is 1. The summed E-state index contributed by atoms with van der Waals surface area (Å²) in [4.78, 5) is 11.4. The molecular formula is C15H30N2O3. The Balaban J connectivity index is 3.82. The van der Waals surface area contributed by atoms with Crippen LogP contribution in [-0.2, 0) is 4.79 Å². The molecule has 0 atom stereocenters. The fourth-order valence-electron chi connectivity index (χ4n) is 1.96. The summed E-state index contributed by atoms with van der Waals surface area (Å²) in [7, 11) is 0. The van der Waals surface area contributed by atoms with E-state index in [0.29, 0.717) is 0 Å². The molecule has 0 spiro atoms. The molecule has 20 heavy (non-hydrogen) atoms. The van der Waals surface area contributed by atoms with Crippen LogP contribution < -0.4 is 5.43 Å². The quantitative estimate of drug-likeness (QED) is 0.258. The third kappa shape index (κ3) is 12.1. The molecule has 0 saturated carbocycles. The van der Waals surface area contributed by atoms with Gasteiger partial charge in [-0.25, -0.2) is 5.01 Å². The van der Waals surface area contributed by atoms with Gasteiger partial charge in [0.2, 0.25) is 0 Å². The molecule has 0 heterocycles. The summed E-state index contributed by atoms with van der Waals surface area (Å²) in [6.07, 6.45) is 9.16. The number of aliphatic hydroxyl groups excluding tert-OH is 2. The molecule has 0 aromatic rings. The molecule has 0 aliphatic carbocycles. The van der Waals surface area contributed by atoms with Crippen LogP contribution in [0.25, 0.3) is 0 Å². The van der Waals surface area contributed by atoms with Crippen molar-refractivity contribution in [1.29, 1.82) is 0 Å². The van der Waals surface area contributed by atoms with E-state index >= 15 is 0 Å². The van der Waals surface area contributed by atoms with Crippen LogP contribution in [-0.4, -0.2) is 47.4 Å². The minimum atomic E-state index is -0.171. The molecule has 5 heteroatoms. The van der Waals surface area contributed by atoms with Crippen molar-refractivity contribution in [3.63, 3.8) is 0 Å². The maximum atomic E-state index is 11.4. The van der Waals surface area contributed by atoms with E-state index in [1.807, 2.05) is 5.01 Å². The fraction of sp³-hybridized carbons (Fsp3) is 0.800. The van der Waals surface area contributed by atoms with E-state index in [2.05, 4.69) is 12.0 Å². The lowest BCUT2D eigenvalue weighted by Gasteiger charge is -2.22. The number of amides is 1. The van der Waals surface area contributed by atoms with Crippen molar-refractivity contribution < 1.29 is 15.0 Å². The van der Waals surface area contributed by atoms with Crippen LogP contribution in [0.4, 0.5) is 0 Å². The number of unbranched alkanes of at least 4 members (excludes halogenated alkanes) is 6. The maximum Gasteiger partial charge on any atom is 0.257 e. The monoisotopic (exact) mass is 286 g/mol. The summed E-state index contributed by atoms with van der Waals surface area (Å²) in [6.45, 7) is 5.61. The Hall–Kier alpha value is -0.910. The molecule has 5 nitrogen and oxygen atoms in total. The zero-order chi connectivity index (χ0) is 15.1. The molecule has 0 saturated heterocycles. The van der Waals surface area contributed by atoms with Crippen molar-refractivity contribution in [2.45, 2.75) is 51.4 Å². The fourth-order valence-corrected chi connectivity index (χ4v) is 1.96. The molecular weight excluding hydrogens is 256 g/mol. The first-order valence-corrected chi connectivity index (χ1v) is 7.64. The predicted molar refractivity (Wildman–Crippen MR) is 81.0 cm³/mol. The highest BCUT2D eigenvalue weighted by Gasteiger charge is 2.06. The number of hydrogen-bond donors (Lipinski definition) is 3. The Morgan fingerprint density at radius 3 is 1.75 bits per heavy atom. The van der Waals surface area contributed by atoms with Gasteiger partial charge < -0.3 is 10.2 Å². The highest BCUT2D eigenvalue weighted by atomic mass is 16.3. The van der Waals surface area contributed by atoms with Gasteiger partial charge in [0.05, 0.1) is 0 Å². The van der Waals surface area contributed by atoms with Crippen LogP contribution in [0.3, 0.4) is 0 Å². The van der Waals surface area contributed by atoms with Gasteiger partial charge in [-0.3, -0.25) is 10.2 Å². The number of rotatable bonds is 14. The zero-order valence-corrected chi connectivity index (χ0v) is 12.5. The van der Waals surface area contributed by atoms with Gasteiger partial charge in [-0.05, 0) is 31.8 Å². The largest absolute Gasteiger partial charge is 0.396 e. The Morgan fingerprint density at radius 1 is 0.900 bits per heavy atom. The molecule has 0 aliphatic heterocycles. The highest BCUT2D eigenvalue weighted by Crippen LogP contribution is 2.04. The van der Waals surface area contributed by atoms with Gasteiger partial charge >= 0.3 is 0 Å². The second-order valence-corrected chi connectivity index (χ2v) is 4.94. The van der Waals surface area contributed by atoms with Crippen LogP contribution in [0.15, 0.2) is 12.7 Å². The Kier molecular flexibility index (Phi) is 13.8. The first-order chi connectivity index (χ1) is 9.74. The minimum Gasteiger partial charge on any atom is -0.396 e. The number of carbonyl (C=O) groups excluding carboxylic acids is 1. The van der Waals surface area contributed by atoms with Crippen molar-refractivity contribution in [3.8, 4) is 0 Å². The van der Waals surface area contributed by atoms with Crippen molar-refractivity contribution >= 4 is 5.91 Å². The van der Waals surface area contributed by atoms with E-state index in [1.165, 1.54) is 6.08 Å². The number of nitrogens with zero attached hydrogens (tertiary/aromatic N) is 1. The molecule has 3 N–H and O–H groups in total. The Bertz CT molecular complexity index is 233. The molecule has 0 rings (SSSR count). The number of hydrogen-bond acceptors (Lipinski definition) is 4. The van der Waals surface area contributed by atoms with Gasteiger partial charge in [0.1, 0.15) is 0 Å². The van der Waals surface area contributed by atoms with E-state index in [4.69, 9.17) is 10.2 Å². The van der Waals surface area contributed by atoms with Gasteiger partial charge in [0.25, 0.3) is 5.91 Å². The zero-order valence-electron chi connectivity index (χ0n) is 12.5. The molecule has 0 aliphatic rings. The lowest BCUT2D eigenvalue weighted by Crippen LogP contribution is -2.42. The number of nitrogens with one attached hydrogen (secondary N) is 1. The van der Waals surface area contributed by atoms with Gasteiger partial charge in [0, 0.05) is 26.3 Å². The third-order valence-electron chi connectivity index (χ3n) is 3.13. The molecule has 0 bridgehead atoms. The summed E-state index contributed by atoms with van der Waals surface area (Å²) in [6, 6.07) is 0. The Morgan fingerprint density at radius 2 is 1.35 bits per heavy atom. The lowest BCUT2D eigenvalue weighted by molar-refractivity contribution is -0.121. The van der Waals surface area contributed by atoms with E-state index < -0.39 is 0 Å². The highest BCUT2D eigenvalue weighted by molar-refractivity contribution is 5.86. The van der Waals surface area contributed by atoms with Crippen molar-refractivity contribution in [2.24, 2.45) is 0 Å². The SMILES string of the molecule is C=CC(=O)NN(CCCCCCO)CCCCCCO. The standard InChI is InChI=1S/C15H30N2O3/c1-2-15(20)16-17(11-7-3-5-9-13-18)12-8-4-6-10-14-19/h2,18-19H,1,3-14H2,(H,16,20). The molecule has 0 radical (unpaired) electrons. The maximum absolute atomic E-state index is 11.4. The number of hydrazine groups is 1. The van der Waals surface area contributed by atoms with E-state index in [-0.39, 0.29) is 19.1 Å². The summed E-state index contributed by atoms with van der Waals surface area (Å²) in [5.74, 6) is -0.171. The first kappa shape index (κ1) is 19.1. The summed E-state index contributed by atoms with van der Waals surface area (Å²) < 4.78 is 0. The third-order valence-corrected chi connectivity index (χ3v) is 3.13. The van der Waals surface area contributed by atoms with E-state index in [1.54, 1.807) is 0 Å². The molecule has 1 amide bonds.